The Kier molecular flexibility index (Phi) is 6.75. The van der Waals surface area contributed by atoms with E-state index < -0.39 is 0 Å². The van der Waals surface area contributed by atoms with Gasteiger partial charge in [-0.2, -0.15) is 0 Å². The Balaban J connectivity index is 1.48. The number of aromatic nitrogens is 4. The first-order valence-electron chi connectivity index (χ1n) is 10.5. The molecule has 32 heavy (non-hydrogen) atoms. The minimum absolute atomic E-state index is 0.0755. The van der Waals surface area contributed by atoms with Gasteiger partial charge in [0.1, 0.15) is 11.6 Å². The Morgan fingerprint density at radius 1 is 1.12 bits per heavy atom. The van der Waals surface area contributed by atoms with E-state index in [1.54, 1.807) is 6.26 Å². The number of ketones is 1. The number of benzene rings is 1. The molecule has 0 aliphatic rings. The SMILES string of the molecule is C=CCn1c(Cc2ccccc2)nnc1SCC(=O)c1cc(C)n(Cc2ccco2)c1C. The molecule has 164 valence electrons. The van der Waals surface area contributed by atoms with Gasteiger partial charge in [0.15, 0.2) is 10.9 Å². The van der Waals surface area contributed by atoms with Crippen LogP contribution in [0.1, 0.15) is 38.9 Å². The van der Waals surface area contributed by atoms with Crippen LogP contribution in [0.5, 0.6) is 0 Å². The van der Waals surface area contributed by atoms with Gasteiger partial charge in [0.25, 0.3) is 0 Å². The summed E-state index contributed by atoms with van der Waals surface area (Å²) in [6.45, 7) is 9.06. The van der Waals surface area contributed by atoms with E-state index in [1.807, 2.05) is 60.9 Å². The standard InChI is InChI=1S/C25H26N4O2S/c1-4-12-28-24(15-20-9-6-5-7-10-20)26-27-25(28)32-17-23(30)22-14-18(2)29(19(22)3)16-21-11-8-13-31-21/h4-11,13-14H,1,12,15-17H2,2-3H3. The molecule has 0 unspecified atom stereocenters. The Morgan fingerprint density at radius 3 is 2.66 bits per heavy atom. The van der Waals surface area contributed by atoms with Crippen LogP contribution in [0.3, 0.4) is 0 Å². The molecule has 0 radical (unpaired) electrons. The van der Waals surface area contributed by atoms with Crippen LogP contribution in [-0.2, 0) is 19.5 Å². The maximum absolute atomic E-state index is 13.0. The highest BCUT2D eigenvalue weighted by Gasteiger charge is 2.19. The first-order valence-corrected chi connectivity index (χ1v) is 11.5. The van der Waals surface area contributed by atoms with Gasteiger partial charge in [0.05, 0.1) is 18.6 Å². The lowest BCUT2D eigenvalue weighted by molar-refractivity contribution is 0.102. The fourth-order valence-corrected chi connectivity index (χ4v) is 4.59. The summed E-state index contributed by atoms with van der Waals surface area (Å²) in [6, 6.07) is 15.9. The summed E-state index contributed by atoms with van der Waals surface area (Å²) in [6.07, 6.45) is 4.17. The lowest BCUT2D eigenvalue weighted by Gasteiger charge is -2.09. The quantitative estimate of drug-likeness (QED) is 0.193. The zero-order valence-corrected chi connectivity index (χ0v) is 19.1. The van der Waals surface area contributed by atoms with Gasteiger partial charge in [0.2, 0.25) is 0 Å². The number of furan rings is 1. The maximum atomic E-state index is 13.0. The van der Waals surface area contributed by atoms with Crippen LogP contribution in [0, 0.1) is 13.8 Å². The number of carbonyl (C=O) groups is 1. The fraction of sp³-hybridized carbons (Fsp3) is 0.240. The van der Waals surface area contributed by atoms with Crippen molar-refractivity contribution in [3.63, 3.8) is 0 Å². The molecule has 0 spiro atoms. The predicted molar refractivity (Wildman–Crippen MR) is 126 cm³/mol. The molecule has 4 rings (SSSR count). The lowest BCUT2D eigenvalue weighted by Crippen LogP contribution is -2.09. The second-order valence-corrected chi connectivity index (χ2v) is 8.57. The molecule has 0 atom stereocenters. The van der Waals surface area contributed by atoms with Crippen LogP contribution in [0.4, 0.5) is 0 Å². The first-order chi connectivity index (χ1) is 15.6. The minimum atomic E-state index is 0.0755. The molecule has 0 N–H and O–H groups in total. The molecule has 1 aromatic carbocycles. The van der Waals surface area contributed by atoms with Crippen LogP contribution in [-0.4, -0.2) is 30.9 Å². The van der Waals surface area contributed by atoms with E-state index in [2.05, 4.69) is 33.5 Å². The Bertz CT molecular complexity index is 1210. The second-order valence-electron chi connectivity index (χ2n) is 7.62. The summed E-state index contributed by atoms with van der Waals surface area (Å²) in [5, 5.41) is 9.46. The molecule has 3 heterocycles. The number of allylic oxidation sites excluding steroid dienone is 1. The van der Waals surface area contributed by atoms with Crippen LogP contribution in [0.15, 0.2) is 77.0 Å². The molecule has 0 bridgehead atoms. The van der Waals surface area contributed by atoms with Crippen molar-refractivity contribution in [2.75, 3.05) is 5.75 Å². The van der Waals surface area contributed by atoms with Crippen LogP contribution < -0.4 is 0 Å². The number of hydrogen-bond donors (Lipinski definition) is 0. The number of thioether (sulfide) groups is 1. The lowest BCUT2D eigenvalue weighted by atomic mass is 10.1. The van der Waals surface area contributed by atoms with E-state index in [9.17, 15) is 4.79 Å². The molecular formula is C25H26N4O2S. The normalized spacial score (nSPS) is 11.1. The van der Waals surface area contributed by atoms with E-state index in [0.717, 1.165) is 33.7 Å². The summed E-state index contributed by atoms with van der Waals surface area (Å²) in [5.74, 6) is 2.10. The van der Waals surface area contributed by atoms with Crippen LogP contribution >= 0.6 is 11.8 Å². The van der Waals surface area contributed by atoms with Crippen LogP contribution in [0.25, 0.3) is 0 Å². The summed E-state index contributed by atoms with van der Waals surface area (Å²) in [4.78, 5) is 13.0. The smallest absolute Gasteiger partial charge is 0.191 e. The number of hydrogen-bond acceptors (Lipinski definition) is 5. The van der Waals surface area contributed by atoms with Gasteiger partial charge in [-0.25, -0.2) is 0 Å². The van der Waals surface area contributed by atoms with Crippen molar-refractivity contribution in [1.82, 2.24) is 19.3 Å². The molecule has 0 aliphatic heterocycles. The molecule has 0 saturated heterocycles. The van der Waals surface area contributed by atoms with Gasteiger partial charge in [-0.1, -0.05) is 48.2 Å². The van der Waals surface area contributed by atoms with Gasteiger partial charge >= 0.3 is 0 Å². The van der Waals surface area contributed by atoms with E-state index in [1.165, 1.54) is 17.3 Å². The van der Waals surface area contributed by atoms with Crippen molar-refractivity contribution in [2.45, 2.75) is 38.5 Å². The van der Waals surface area contributed by atoms with Crippen LogP contribution in [0.2, 0.25) is 0 Å². The molecule has 4 aromatic rings. The average molecular weight is 447 g/mol. The molecule has 0 aliphatic carbocycles. The van der Waals surface area contributed by atoms with Gasteiger partial charge < -0.3 is 13.6 Å². The maximum Gasteiger partial charge on any atom is 0.191 e. The Hall–Kier alpha value is -3.32. The third-order valence-corrected chi connectivity index (χ3v) is 6.38. The van der Waals surface area contributed by atoms with Gasteiger partial charge in [-0.3, -0.25) is 4.79 Å². The minimum Gasteiger partial charge on any atom is -0.467 e. The Morgan fingerprint density at radius 2 is 1.94 bits per heavy atom. The number of carbonyl (C=O) groups excluding carboxylic acids is 1. The zero-order chi connectivity index (χ0) is 22.5. The van der Waals surface area contributed by atoms with Crippen molar-refractivity contribution >= 4 is 17.5 Å². The molecule has 6 nitrogen and oxygen atoms in total. The summed E-state index contributed by atoms with van der Waals surface area (Å²) >= 11 is 1.41. The highest BCUT2D eigenvalue weighted by atomic mass is 32.2. The second kappa shape index (κ2) is 9.87. The third-order valence-electron chi connectivity index (χ3n) is 5.41. The van der Waals surface area contributed by atoms with Gasteiger partial charge in [0, 0.05) is 29.9 Å². The van der Waals surface area contributed by atoms with Crippen molar-refractivity contribution < 1.29 is 9.21 Å². The topological polar surface area (TPSA) is 65.8 Å². The number of Topliss-reactive ketones (excluding diaryl/α,β-unsaturated/α-hetero) is 1. The van der Waals surface area contributed by atoms with E-state index >= 15 is 0 Å². The van der Waals surface area contributed by atoms with Crippen molar-refractivity contribution in [2.24, 2.45) is 0 Å². The number of rotatable bonds is 10. The van der Waals surface area contributed by atoms with E-state index in [0.29, 0.717) is 25.3 Å². The monoisotopic (exact) mass is 446 g/mol. The molecular weight excluding hydrogens is 420 g/mol. The van der Waals surface area contributed by atoms with Gasteiger partial charge in [-0.15, -0.1) is 16.8 Å². The summed E-state index contributed by atoms with van der Waals surface area (Å²) in [7, 11) is 0. The van der Waals surface area contributed by atoms with Gasteiger partial charge in [-0.05, 0) is 37.6 Å². The van der Waals surface area contributed by atoms with E-state index in [4.69, 9.17) is 4.42 Å². The number of aryl methyl sites for hydroxylation is 1. The summed E-state index contributed by atoms with van der Waals surface area (Å²) in [5.41, 5.74) is 3.89. The third kappa shape index (κ3) is 4.78. The summed E-state index contributed by atoms with van der Waals surface area (Å²) < 4.78 is 9.60. The fourth-order valence-electron chi connectivity index (χ4n) is 3.74. The van der Waals surface area contributed by atoms with Crippen molar-refractivity contribution in [3.8, 4) is 0 Å². The highest BCUT2D eigenvalue weighted by molar-refractivity contribution is 7.99. The zero-order valence-electron chi connectivity index (χ0n) is 18.3. The highest BCUT2D eigenvalue weighted by Crippen LogP contribution is 2.23. The van der Waals surface area contributed by atoms with E-state index in [-0.39, 0.29) is 5.78 Å². The molecule has 0 fully saturated rings. The number of nitrogens with zero attached hydrogens (tertiary/aromatic N) is 4. The molecule has 3 aromatic heterocycles. The first kappa shape index (κ1) is 21.9. The van der Waals surface area contributed by atoms with Crippen molar-refractivity contribution in [1.29, 1.82) is 0 Å². The largest absolute Gasteiger partial charge is 0.467 e. The van der Waals surface area contributed by atoms with Crippen molar-refractivity contribution in [3.05, 3.63) is 102 Å². The average Bonchev–Trinajstić information content (AvgIpc) is 3.51. The predicted octanol–water partition coefficient (Wildman–Crippen LogP) is 5.09. The molecule has 0 amide bonds. The molecule has 7 heteroatoms. The molecule has 0 saturated carbocycles. The Labute approximate surface area is 192 Å².